The summed E-state index contributed by atoms with van der Waals surface area (Å²) in [7, 11) is -3.30. The Morgan fingerprint density at radius 1 is 1.02 bits per heavy atom. The zero-order valence-corrected chi connectivity index (χ0v) is 26.2. The summed E-state index contributed by atoms with van der Waals surface area (Å²) >= 11 is 0. The Bertz CT molecular complexity index is 1490. The average molecular weight is 656 g/mol. The van der Waals surface area contributed by atoms with Crippen molar-refractivity contribution in [3.05, 3.63) is 89.4 Å². The molecule has 2 amide bonds. The lowest BCUT2D eigenvalue weighted by Crippen LogP contribution is -2.48. The molecule has 0 saturated carbocycles. The van der Waals surface area contributed by atoms with Crippen LogP contribution in [0.2, 0.25) is 0 Å². The molecule has 0 unspecified atom stereocenters. The first-order valence-electron chi connectivity index (χ1n) is 14.2. The van der Waals surface area contributed by atoms with Crippen molar-refractivity contribution >= 4 is 34.1 Å². The summed E-state index contributed by atoms with van der Waals surface area (Å²) < 4.78 is 67.0. The van der Waals surface area contributed by atoms with Crippen LogP contribution in [0, 0.1) is 0 Å². The minimum absolute atomic E-state index is 0. The maximum absolute atomic E-state index is 13.1. The number of halogens is 4. The molecule has 1 aromatic heterocycles. The van der Waals surface area contributed by atoms with Crippen LogP contribution >= 0.6 is 12.4 Å². The van der Waals surface area contributed by atoms with Gasteiger partial charge in [-0.2, -0.15) is 13.2 Å². The lowest BCUT2D eigenvalue weighted by molar-refractivity contribution is -0.153. The Morgan fingerprint density at radius 3 is 2.20 bits per heavy atom. The fraction of sp³-hybridized carbons (Fsp3) is 0.419. The van der Waals surface area contributed by atoms with E-state index in [0.29, 0.717) is 19.5 Å². The van der Waals surface area contributed by atoms with E-state index >= 15 is 0 Å². The van der Waals surface area contributed by atoms with Gasteiger partial charge in [-0.25, -0.2) is 8.42 Å². The zero-order chi connectivity index (χ0) is 31.2. The van der Waals surface area contributed by atoms with E-state index in [1.54, 1.807) is 12.1 Å². The second-order valence-corrected chi connectivity index (χ2v) is 12.7. The third kappa shape index (κ3) is 9.33. The van der Waals surface area contributed by atoms with Gasteiger partial charge in [-0.3, -0.25) is 9.59 Å². The number of hydrogen-bond donors (Lipinski definition) is 1. The van der Waals surface area contributed by atoms with Gasteiger partial charge < -0.3 is 19.5 Å². The molecule has 1 fully saturated rings. The van der Waals surface area contributed by atoms with E-state index in [2.05, 4.69) is 10.2 Å². The number of amides is 2. The largest absolute Gasteiger partial charge is 0.449 e. The number of carbonyl (C=O) groups is 2. The van der Waals surface area contributed by atoms with E-state index in [0.717, 1.165) is 55.4 Å². The summed E-state index contributed by atoms with van der Waals surface area (Å²) in [6.45, 7) is 4.65. The van der Waals surface area contributed by atoms with Gasteiger partial charge in [0, 0.05) is 38.5 Å². The number of likely N-dealkylation sites (tertiary alicyclic amines) is 1. The lowest BCUT2D eigenvalue weighted by atomic mass is 9.99. The molecule has 1 saturated heterocycles. The molecule has 1 aliphatic heterocycles. The number of hydrogen-bond acceptors (Lipinski definition) is 6. The van der Waals surface area contributed by atoms with Gasteiger partial charge >= 0.3 is 6.18 Å². The predicted octanol–water partition coefficient (Wildman–Crippen LogP) is 5.54. The van der Waals surface area contributed by atoms with Crippen molar-refractivity contribution in [3.8, 4) is 0 Å². The number of nitrogens with one attached hydrogen (secondary N) is 1. The number of carbonyl (C=O) groups excluding carboxylic acids is 2. The van der Waals surface area contributed by atoms with Crippen molar-refractivity contribution in [1.82, 2.24) is 15.1 Å². The van der Waals surface area contributed by atoms with Crippen LogP contribution in [0.5, 0.6) is 0 Å². The maximum Gasteiger partial charge on any atom is 0.449 e. The summed E-state index contributed by atoms with van der Waals surface area (Å²) in [5, 5.41) is 2.83. The first kappa shape index (κ1) is 35.1. The lowest BCUT2D eigenvalue weighted by Gasteiger charge is -2.38. The summed E-state index contributed by atoms with van der Waals surface area (Å²) in [5.74, 6) is -2.34. The zero-order valence-electron chi connectivity index (χ0n) is 24.5. The van der Waals surface area contributed by atoms with Gasteiger partial charge in [-0.05, 0) is 61.6 Å². The van der Waals surface area contributed by atoms with Crippen LogP contribution in [0.15, 0.2) is 76.0 Å². The molecule has 44 heavy (non-hydrogen) atoms. The maximum atomic E-state index is 13.1. The van der Waals surface area contributed by atoms with Crippen molar-refractivity contribution in [2.24, 2.45) is 0 Å². The topological polar surface area (TPSA) is 99.9 Å². The standard InChI is InChI=1S/C31H36F3N3O5S.ClH/c1-3-37(29(38)21-22-9-11-25(12-10-22)43(2,40)41)24-15-18-36(19-16-24)20-17-26(23-7-5-4-6-8-23)35-30(39)27-13-14-28(42-27)31(32,33)34;/h4-14,24,26H,3,15-21H2,1-2H3,(H,35,39);1H/t26-;/m0./s1. The van der Waals surface area contributed by atoms with Gasteiger partial charge in [0.15, 0.2) is 15.6 Å². The summed E-state index contributed by atoms with van der Waals surface area (Å²) in [4.78, 5) is 30.3. The van der Waals surface area contributed by atoms with E-state index in [1.807, 2.05) is 42.2 Å². The number of furan rings is 1. The molecule has 2 heterocycles. The molecule has 0 radical (unpaired) electrons. The first-order valence-corrected chi connectivity index (χ1v) is 16.1. The first-order chi connectivity index (χ1) is 20.3. The SMILES string of the molecule is CCN(C(=O)Cc1ccc(S(C)(=O)=O)cc1)C1CCN(CC[C@H](NC(=O)c2ccc(C(F)(F)F)o2)c2ccccc2)CC1.Cl. The number of rotatable bonds is 11. The van der Waals surface area contributed by atoms with Gasteiger partial charge in [-0.15, -0.1) is 12.4 Å². The highest BCUT2D eigenvalue weighted by Gasteiger charge is 2.35. The molecule has 1 N–H and O–H groups in total. The minimum atomic E-state index is -4.67. The minimum Gasteiger partial charge on any atom is -0.446 e. The number of likely N-dealkylation sites (N-methyl/N-ethyl adjacent to an activating group) is 1. The van der Waals surface area contributed by atoms with E-state index in [1.165, 1.54) is 12.1 Å². The van der Waals surface area contributed by atoms with E-state index in [-0.39, 0.29) is 35.7 Å². The van der Waals surface area contributed by atoms with Crippen LogP contribution in [0.3, 0.4) is 0 Å². The molecule has 1 aliphatic rings. The van der Waals surface area contributed by atoms with Gasteiger partial charge in [0.1, 0.15) is 0 Å². The molecule has 240 valence electrons. The second kappa shape index (κ2) is 15.1. The molecule has 3 aromatic rings. The Labute approximate surface area is 261 Å². The van der Waals surface area contributed by atoms with Crippen LogP contribution in [-0.2, 0) is 27.2 Å². The van der Waals surface area contributed by atoms with Crippen molar-refractivity contribution in [2.75, 3.05) is 32.4 Å². The number of benzene rings is 2. The molecule has 1 atom stereocenters. The molecule has 0 spiro atoms. The van der Waals surface area contributed by atoms with Gasteiger partial charge in [0.2, 0.25) is 11.7 Å². The molecular formula is C31H37ClF3N3O5S. The summed E-state index contributed by atoms with van der Waals surface area (Å²) in [6.07, 6.45) is -1.24. The summed E-state index contributed by atoms with van der Waals surface area (Å²) in [5.41, 5.74) is 1.59. The third-order valence-electron chi connectivity index (χ3n) is 7.72. The number of sulfone groups is 1. The van der Waals surface area contributed by atoms with Crippen LogP contribution < -0.4 is 5.32 Å². The third-order valence-corrected chi connectivity index (χ3v) is 8.84. The number of alkyl halides is 3. The van der Waals surface area contributed by atoms with E-state index in [4.69, 9.17) is 4.42 Å². The molecular weight excluding hydrogens is 619 g/mol. The molecule has 0 bridgehead atoms. The highest BCUT2D eigenvalue weighted by molar-refractivity contribution is 7.90. The Morgan fingerprint density at radius 2 is 1.66 bits per heavy atom. The molecule has 0 aliphatic carbocycles. The van der Waals surface area contributed by atoms with Crippen LogP contribution in [-0.4, -0.2) is 68.5 Å². The molecule has 8 nitrogen and oxygen atoms in total. The van der Waals surface area contributed by atoms with E-state index in [9.17, 15) is 31.2 Å². The van der Waals surface area contributed by atoms with Crippen molar-refractivity contribution in [1.29, 1.82) is 0 Å². The highest BCUT2D eigenvalue weighted by atomic mass is 35.5. The highest BCUT2D eigenvalue weighted by Crippen LogP contribution is 2.31. The van der Waals surface area contributed by atoms with Crippen molar-refractivity contribution in [2.45, 2.75) is 55.8 Å². The Kier molecular flexibility index (Phi) is 12.0. The van der Waals surface area contributed by atoms with Gasteiger partial charge in [0.25, 0.3) is 5.91 Å². The van der Waals surface area contributed by atoms with Gasteiger partial charge in [-0.1, -0.05) is 42.5 Å². The van der Waals surface area contributed by atoms with Crippen molar-refractivity contribution in [3.63, 3.8) is 0 Å². The molecule has 2 aromatic carbocycles. The van der Waals surface area contributed by atoms with Crippen molar-refractivity contribution < 1.29 is 35.6 Å². The van der Waals surface area contributed by atoms with Crippen LogP contribution in [0.4, 0.5) is 13.2 Å². The summed E-state index contributed by atoms with van der Waals surface area (Å²) in [6, 6.07) is 17.0. The van der Waals surface area contributed by atoms with E-state index < -0.39 is 39.5 Å². The predicted molar refractivity (Wildman–Crippen MR) is 162 cm³/mol. The number of nitrogens with zero attached hydrogens (tertiary/aromatic N) is 2. The fourth-order valence-corrected chi connectivity index (χ4v) is 6.01. The van der Waals surface area contributed by atoms with Gasteiger partial charge in [0.05, 0.1) is 17.4 Å². The second-order valence-electron chi connectivity index (χ2n) is 10.7. The van der Waals surface area contributed by atoms with Crippen LogP contribution in [0.25, 0.3) is 0 Å². The Balaban J connectivity index is 0.00000529. The number of piperidine rings is 1. The quantitative estimate of drug-likeness (QED) is 0.291. The normalized spacial score (nSPS) is 15.3. The Hall–Kier alpha value is -3.35. The fourth-order valence-electron chi connectivity index (χ4n) is 5.38. The molecule has 13 heteroatoms. The average Bonchev–Trinajstić information content (AvgIpc) is 3.48. The van der Waals surface area contributed by atoms with Crippen LogP contribution in [0.1, 0.15) is 59.7 Å². The monoisotopic (exact) mass is 655 g/mol. The smallest absolute Gasteiger partial charge is 0.446 e. The molecule has 4 rings (SSSR count).